The molecule has 5 nitrogen and oxygen atoms in total. The average molecular weight is 351 g/mol. The van der Waals surface area contributed by atoms with E-state index in [-0.39, 0.29) is 6.08 Å². The van der Waals surface area contributed by atoms with Crippen LogP contribution in [0.2, 0.25) is 0 Å². The van der Waals surface area contributed by atoms with Gasteiger partial charge in [-0.25, -0.2) is 4.79 Å². The monoisotopic (exact) mass is 351 g/mol. The molecule has 0 radical (unpaired) electrons. The van der Waals surface area contributed by atoms with Gasteiger partial charge in [-0.2, -0.15) is 4.98 Å². The maximum Gasteiger partial charge on any atom is 0.403 e. The molecule has 0 bridgehead atoms. The first-order valence-electron chi connectivity index (χ1n) is 7.60. The number of hydrogen-bond acceptors (Lipinski definition) is 6. The van der Waals surface area contributed by atoms with Gasteiger partial charge in [0.15, 0.2) is 11.5 Å². The lowest BCUT2D eigenvalue weighted by atomic mass is 10.3. The Kier molecular flexibility index (Phi) is 3.95. The Balaban J connectivity index is 1.68. The second kappa shape index (κ2) is 6.41. The second-order valence-electron chi connectivity index (χ2n) is 5.31. The molecule has 2 aromatic heterocycles. The van der Waals surface area contributed by atoms with Crippen molar-refractivity contribution in [2.45, 2.75) is 6.92 Å². The lowest BCUT2D eigenvalue weighted by Crippen LogP contribution is -2.01. The molecule has 4 rings (SSSR count). The summed E-state index contributed by atoms with van der Waals surface area (Å²) in [5.41, 5.74) is -0.467. The summed E-state index contributed by atoms with van der Waals surface area (Å²) >= 11 is 1.42. The molecule has 0 aliphatic heterocycles. The first kappa shape index (κ1) is 15.4. The summed E-state index contributed by atoms with van der Waals surface area (Å²) in [5, 5.41) is 0.462. The number of ether oxygens (including phenoxy) is 2. The van der Waals surface area contributed by atoms with Crippen LogP contribution >= 0.6 is 11.3 Å². The summed E-state index contributed by atoms with van der Waals surface area (Å²) in [6.07, 6.45) is -0.108. The van der Waals surface area contributed by atoms with Gasteiger partial charge < -0.3 is 13.9 Å². The first-order valence-corrected chi connectivity index (χ1v) is 8.42. The predicted octanol–water partition coefficient (Wildman–Crippen LogP) is 5.14. The normalized spacial score (nSPS) is 10.8. The smallest absolute Gasteiger partial charge is 0.403 e. The van der Waals surface area contributed by atoms with Crippen molar-refractivity contribution in [2.75, 3.05) is 0 Å². The Morgan fingerprint density at radius 1 is 0.960 bits per heavy atom. The van der Waals surface area contributed by atoms with Gasteiger partial charge in [0.25, 0.3) is 0 Å². The minimum Gasteiger partial charge on any atom is -0.453 e. The van der Waals surface area contributed by atoms with Crippen LogP contribution in [-0.4, -0.2) is 4.98 Å². The highest BCUT2D eigenvalue weighted by Gasteiger charge is 2.13. The average Bonchev–Trinajstić information content (AvgIpc) is 2.99. The van der Waals surface area contributed by atoms with Gasteiger partial charge in [-0.05, 0) is 37.3 Å². The lowest BCUT2D eigenvalue weighted by molar-refractivity contribution is 0.297. The van der Waals surface area contributed by atoms with Gasteiger partial charge in [0.2, 0.25) is 0 Å². The minimum atomic E-state index is -0.467. The van der Waals surface area contributed by atoms with E-state index in [0.29, 0.717) is 27.5 Å². The number of aryl methyl sites for hydroxylation is 1. The van der Waals surface area contributed by atoms with E-state index in [2.05, 4.69) is 4.98 Å². The molecule has 0 spiro atoms. The number of rotatable bonds is 4. The van der Waals surface area contributed by atoms with Crippen molar-refractivity contribution in [1.29, 1.82) is 0 Å². The predicted molar refractivity (Wildman–Crippen MR) is 95.9 cm³/mol. The molecule has 0 N–H and O–H groups in total. The Morgan fingerprint density at radius 3 is 2.40 bits per heavy atom. The SMILES string of the molecule is Cc1cc2c(=O)oc(Oc3ccccc3Oc3ccccc3)nc2s1. The van der Waals surface area contributed by atoms with E-state index >= 15 is 0 Å². The van der Waals surface area contributed by atoms with E-state index in [1.807, 2.05) is 43.3 Å². The summed E-state index contributed by atoms with van der Waals surface area (Å²) < 4.78 is 16.7. The van der Waals surface area contributed by atoms with Crippen molar-refractivity contribution >= 4 is 21.6 Å². The molecular formula is C19H13NO4S. The molecule has 6 heteroatoms. The van der Waals surface area contributed by atoms with Gasteiger partial charge in [-0.15, -0.1) is 11.3 Å². The summed E-state index contributed by atoms with van der Waals surface area (Å²) in [6.45, 7) is 1.91. The fourth-order valence-corrected chi connectivity index (χ4v) is 3.20. The molecule has 0 aliphatic carbocycles. The Hall–Kier alpha value is -3.12. The first-order chi connectivity index (χ1) is 12.2. The molecule has 4 aromatic rings. The van der Waals surface area contributed by atoms with Crippen LogP contribution in [0.5, 0.6) is 23.3 Å². The molecule has 25 heavy (non-hydrogen) atoms. The van der Waals surface area contributed by atoms with Crippen LogP contribution in [0.3, 0.4) is 0 Å². The van der Waals surface area contributed by atoms with Gasteiger partial charge in [-0.1, -0.05) is 30.3 Å². The number of thiophene rings is 1. The molecule has 0 fully saturated rings. The number of benzene rings is 2. The van der Waals surface area contributed by atoms with Gasteiger partial charge >= 0.3 is 11.7 Å². The maximum atomic E-state index is 12.1. The lowest BCUT2D eigenvalue weighted by Gasteiger charge is -2.10. The van der Waals surface area contributed by atoms with Crippen LogP contribution in [-0.2, 0) is 0 Å². The van der Waals surface area contributed by atoms with Crippen LogP contribution in [0.1, 0.15) is 4.88 Å². The summed E-state index contributed by atoms with van der Waals surface area (Å²) in [6, 6.07) is 18.3. The molecule has 0 saturated carbocycles. The van der Waals surface area contributed by atoms with Crippen LogP contribution in [0.4, 0.5) is 0 Å². The Labute approximate surface area is 147 Å². The number of fused-ring (bicyclic) bond motifs is 1. The molecule has 0 saturated heterocycles. The molecule has 2 heterocycles. The highest BCUT2D eigenvalue weighted by Crippen LogP contribution is 2.34. The summed E-state index contributed by atoms with van der Waals surface area (Å²) in [7, 11) is 0. The van der Waals surface area contributed by atoms with E-state index in [0.717, 1.165) is 4.88 Å². The zero-order valence-corrected chi connectivity index (χ0v) is 14.1. The molecule has 0 aliphatic rings. The van der Waals surface area contributed by atoms with Crippen LogP contribution < -0.4 is 15.1 Å². The Morgan fingerprint density at radius 2 is 1.64 bits per heavy atom. The third-order valence-corrected chi connectivity index (χ3v) is 4.39. The summed E-state index contributed by atoms with van der Waals surface area (Å²) in [4.78, 5) is 17.9. The third kappa shape index (κ3) is 3.25. The third-order valence-electron chi connectivity index (χ3n) is 3.45. The van der Waals surface area contributed by atoms with Crippen LogP contribution in [0.25, 0.3) is 10.2 Å². The molecular weight excluding hydrogens is 338 g/mol. The standard InChI is InChI=1S/C19H13NO4S/c1-12-11-14-17(25-12)20-19(24-18(14)21)23-16-10-6-5-9-15(16)22-13-7-3-2-4-8-13/h2-11H,1H3. The number of nitrogens with zero attached hydrogens (tertiary/aromatic N) is 1. The maximum absolute atomic E-state index is 12.1. The quantitative estimate of drug-likeness (QED) is 0.509. The van der Waals surface area contributed by atoms with Crippen molar-refractivity contribution in [1.82, 2.24) is 4.98 Å². The second-order valence-corrected chi connectivity index (χ2v) is 6.54. The molecule has 124 valence electrons. The fraction of sp³-hybridized carbons (Fsp3) is 0.0526. The number of para-hydroxylation sites is 3. The van der Waals surface area contributed by atoms with Crippen molar-refractivity contribution in [3.05, 3.63) is 76.0 Å². The van der Waals surface area contributed by atoms with Crippen molar-refractivity contribution < 1.29 is 13.9 Å². The molecule has 0 unspecified atom stereocenters. The van der Waals surface area contributed by atoms with E-state index in [1.54, 1.807) is 24.3 Å². The van der Waals surface area contributed by atoms with Gasteiger partial charge in [0.05, 0.1) is 5.39 Å². The van der Waals surface area contributed by atoms with Crippen LogP contribution in [0, 0.1) is 6.92 Å². The zero-order chi connectivity index (χ0) is 17.2. The number of aromatic nitrogens is 1. The Bertz CT molecular complexity index is 1090. The highest BCUT2D eigenvalue weighted by molar-refractivity contribution is 7.18. The van der Waals surface area contributed by atoms with Gasteiger partial charge in [0, 0.05) is 4.88 Å². The number of hydrogen-bond donors (Lipinski definition) is 0. The van der Waals surface area contributed by atoms with E-state index in [9.17, 15) is 4.79 Å². The van der Waals surface area contributed by atoms with Gasteiger partial charge in [0.1, 0.15) is 10.6 Å². The minimum absolute atomic E-state index is 0.108. The zero-order valence-electron chi connectivity index (χ0n) is 13.3. The topological polar surface area (TPSA) is 61.6 Å². The van der Waals surface area contributed by atoms with E-state index < -0.39 is 5.63 Å². The van der Waals surface area contributed by atoms with E-state index in [1.165, 1.54) is 11.3 Å². The molecule has 2 aromatic carbocycles. The highest BCUT2D eigenvalue weighted by atomic mass is 32.1. The fourth-order valence-electron chi connectivity index (χ4n) is 2.34. The summed E-state index contributed by atoms with van der Waals surface area (Å²) in [5.74, 6) is 1.59. The largest absolute Gasteiger partial charge is 0.453 e. The molecule has 0 atom stereocenters. The van der Waals surface area contributed by atoms with Gasteiger partial charge in [-0.3, -0.25) is 0 Å². The van der Waals surface area contributed by atoms with Crippen molar-refractivity contribution in [3.8, 4) is 23.3 Å². The molecule has 0 amide bonds. The van der Waals surface area contributed by atoms with Crippen molar-refractivity contribution in [3.63, 3.8) is 0 Å². The van der Waals surface area contributed by atoms with E-state index in [4.69, 9.17) is 13.9 Å². The van der Waals surface area contributed by atoms with Crippen LogP contribution in [0.15, 0.2) is 69.9 Å². The van der Waals surface area contributed by atoms with Crippen molar-refractivity contribution in [2.24, 2.45) is 0 Å².